The van der Waals surface area contributed by atoms with Gasteiger partial charge in [0, 0.05) is 5.69 Å². The Bertz CT molecular complexity index is 659. The van der Waals surface area contributed by atoms with Crippen molar-refractivity contribution in [3.63, 3.8) is 0 Å². The molecular formula is C16H18FN3O2. The van der Waals surface area contributed by atoms with Crippen molar-refractivity contribution in [2.75, 3.05) is 23.0 Å². The number of nitrogens with two attached hydrogens (primary N) is 2. The summed E-state index contributed by atoms with van der Waals surface area (Å²) in [5.74, 6) is -0.330. The number of nitrogens with zero attached hydrogens (tertiary/aromatic N) is 1. The highest BCUT2D eigenvalue weighted by molar-refractivity contribution is 5.89. The van der Waals surface area contributed by atoms with Gasteiger partial charge in [0.05, 0.1) is 24.5 Å². The molecule has 5 nitrogen and oxygen atoms in total. The van der Waals surface area contributed by atoms with Crippen LogP contribution in [0.3, 0.4) is 0 Å². The molecule has 0 heterocycles. The van der Waals surface area contributed by atoms with Crippen LogP contribution in [0.4, 0.5) is 26.2 Å². The molecule has 0 unspecified atom stereocenters. The number of benzene rings is 2. The Hall–Kier alpha value is -2.76. The van der Waals surface area contributed by atoms with Crippen molar-refractivity contribution in [1.29, 1.82) is 0 Å². The summed E-state index contributed by atoms with van der Waals surface area (Å²) in [6.45, 7) is 2.22. The summed E-state index contributed by atoms with van der Waals surface area (Å²) >= 11 is 0. The van der Waals surface area contributed by atoms with Crippen molar-refractivity contribution in [2.24, 2.45) is 0 Å². The fraction of sp³-hybridized carbons (Fsp3) is 0.188. The van der Waals surface area contributed by atoms with Gasteiger partial charge in [0.15, 0.2) is 0 Å². The number of hydrogen-bond donors (Lipinski definition) is 2. The predicted molar refractivity (Wildman–Crippen MR) is 84.9 cm³/mol. The third-order valence-electron chi connectivity index (χ3n) is 3.12. The lowest BCUT2D eigenvalue weighted by Crippen LogP contribution is -2.31. The van der Waals surface area contributed by atoms with Gasteiger partial charge in [0.25, 0.3) is 0 Å². The molecule has 0 aliphatic carbocycles. The monoisotopic (exact) mass is 303 g/mol. The van der Waals surface area contributed by atoms with Crippen LogP contribution in [0, 0.1) is 5.82 Å². The maximum absolute atomic E-state index is 13.0. The highest BCUT2D eigenvalue weighted by atomic mass is 19.1. The Labute approximate surface area is 128 Å². The fourth-order valence-corrected chi connectivity index (χ4v) is 1.97. The molecule has 1 amide bonds. The topological polar surface area (TPSA) is 81.6 Å². The molecular weight excluding hydrogens is 285 g/mol. The molecule has 0 aliphatic rings. The molecule has 2 rings (SSSR count). The van der Waals surface area contributed by atoms with Gasteiger partial charge in [-0.25, -0.2) is 9.18 Å². The molecule has 6 heteroatoms. The number of rotatable bonds is 4. The lowest BCUT2D eigenvalue weighted by Gasteiger charge is -2.22. The molecule has 0 atom stereocenters. The Morgan fingerprint density at radius 2 is 1.82 bits per heavy atom. The minimum Gasteiger partial charge on any atom is -0.449 e. The number of hydrogen-bond acceptors (Lipinski definition) is 4. The number of amides is 1. The normalized spacial score (nSPS) is 10.3. The van der Waals surface area contributed by atoms with E-state index in [0.717, 1.165) is 5.56 Å². The van der Waals surface area contributed by atoms with Gasteiger partial charge in [0.2, 0.25) is 0 Å². The number of nitrogen functional groups attached to an aromatic ring is 2. The van der Waals surface area contributed by atoms with Crippen molar-refractivity contribution in [1.82, 2.24) is 0 Å². The van der Waals surface area contributed by atoms with Crippen LogP contribution in [0.1, 0.15) is 12.5 Å². The molecule has 116 valence electrons. The maximum atomic E-state index is 13.0. The van der Waals surface area contributed by atoms with Crippen molar-refractivity contribution in [3.8, 4) is 0 Å². The molecule has 0 spiro atoms. The predicted octanol–water partition coefficient (Wildman–Crippen LogP) is 3.15. The van der Waals surface area contributed by atoms with Gasteiger partial charge in [-0.1, -0.05) is 12.1 Å². The number of ether oxygens (including phenoxy) is 1. The zero-order valence-electron chi connectivity index (χ0n) is 12.3. The molecule has 0 bridgehead atoms. The van der Waals surface area contributed by atoms with E-state index in [9.17, 15) is 9.18 Å². The van der Waals surface area contributed by atoms with E-state index in [2.05, 4.69) is 0 Å². The second-order valence-electron chi connectivity index (χ2n) is 4.72. The first-order valence-corrected chi connectivity index (χ1v) is 6.85. The number of anilines is 3. The third kappa shape index (κ3) is 3.66. The Kier molecular flexibility index (Phi) is 4.83. The van der Waals surface area contributed by atoms with E-state index in [-0.39, 0.29) is 19.0 Å². The minimum atomic E-state index is -0.504. The van der Waals surface area contributed by atoms with Gasteiger partial charge in [-0.05, 0) is 42.8 Å². The van der Waals surface area contributed by atoms with Crippen LogP contribution in [0.2, 0.25) is 0 Å². The van der Waals surface area contributed by atoms with Crippen LogP contribution in [-0.4, -0.2) is 12.7 Å². The summed E-state index contributed by atoms with van der Waals surface area (Å²) in [6, 6.07) is 10.8. The summed E-state index contributed by atoms with van der Waals surface area (Å²) < 4.78 is 18.1. The molecule has 22 heavy (non-hydrogen) atoms. The summed E-state index contributed by atoms with van der Waals surface area (Å²) in [5, 5.41) is 0. The zero-order valence-corrected chi connectivity index (χ0v) is 12.3. The van der Waals surface area contributed by atoms with E-state index in [4.69, 9.17) is 16.2 Å². The van der Waals surface area contributed by atoms with E-state index in [0.29, 0.717) is 17.1 Å². The van der Waals surface area contributed by atoms with E-state index in [1.807, 2.05) is 0 Å². The summed E-state index contributed by atoms with van der Waals surface area (Å²) in [5.41, 5.74) is 13.6. The molecule has 0 saturated carbocycles. The molecule has 0 radical (unpaired) electrons. The Morgan fingerprint density at radius 3 is 2.41 bits per heavy atom. The van der Waals surface area contributed by atoms with Crippen molar-refractivity contribution >= 4 is 23.2 Å². The third-order valence-corrected chi connectivity index (χ3v) is 3.12. The number of carbonyl (C=O) groups excluding carboxylic acids is 1. The van der Waals surface area contributed by atoms with Gasteiger partial charge < -0.3 is 16.2 Å². The maximum Gasteiger partial charge on any atom is 0.414 e. The van der Waals surface area contributed by atoms with E-state index in [1.165, 1.54) is 17.0 Å². The molecule has 0 aliphatic heterocycles. The van der Waals surface area contributed by atoms with Crippen LogP contribution >= 0.6 is 0 Å². The molecule has 4 N–H and O–H groups in total. The van der Waals surface area contributed by atoms with Gasteiger partial charge in [-0.3, -0.25) is 4.90 Å². The largest absolute Gasteiger partial charge is 0.449 e. The molecule has 2 aromatic carbocycles. The van der Waals surface area contributed by atoms with Crippen molar-refractivity contribution < 1.29 is 13.9 Å². The van der Waals surface area contributed by atoms with Crippen LogP contribution in [0.15, 0.2) is 42.5 Å². The highest BCUT2D eigenvalue weighted by Crippen LogP contribution is 2.25. The summed E-state index contributed by atoms with van der Waals surface area (Å²) in [7, 11) is 0. The fourth-order valence-electron chi connectivity index (χ4n) is 1.97. The van der Waals surface area contributed by atoms with E-state index in [1.54, 1.807) is 37.3 Å². The molecule has 2 aromatic rings. The average Bonchev–Trinajstić information content (AvgIpc) is 2.50. The van der Waals surface area contributed by atoms with Gasteiger partial charge in [-0.2, -0.15) is 0 Å². The number of halogens is 1. The first-order valence-electron chi connectivity index (χ1n) is 6.85. The summed E-state index contributed by atoms with van der Waals surface area (Å²) in [4.78, 5) is 13.6. The number of carbonyl (C=O) groups is 1. The lowest BCUT2D eigenvalue weighted by atomic mass is 10.2. The first-order chi connectivity index (χ1) is 10.5. The SMILES string of the molecule is CCOC(=O)N(Cc1ccc(F)cc1)c1ccc(N)c(N)c1. The van der Waals surface area contributed by atoms with Crippen LogP contribution < -0.4 is 16.4 Å². The van der Waals surface area contributed by atoms with Crippen LogP contribution in [0.5, 0.6) is 0 Å². The van der Waals surface area contributed by atoms with Gasteiger partial charge >= 0.3 is 6.09 Å². The van der Waals surface area contributed by atoms with Crippen LogP contribution in [-0.2, 0) is 11.3 Å². The van der Waals surface area contributed by atoms with Crippen molar-refractivity contribution in [3.05, 3.63) is 53.8 Å². The van der Waals surface area contributed by atoms with Crippen LogP contribution in [0.25, 0.3) is 0 Å². The average molecular weight is 303 g/mol. The first kappa shape index (κ1) is 15.6. The standard InChI is InChI=1S/C16H18FN3O2/c1-2-22-16(21)20(10-11-3-5-12(17)6-4-11)13-7-8-14(18)15(19)9-13/h3-9H,2,10,18-19H2,1H3. The van der Waals surface area contributed by atoms with Gasteiger partial charge in [0.1, 0.15) is 5.82 Å². The molecule has 0 fully saturated rings. The smallest absolute Gasteiger partial charge is 0.414 e. The second kappa shape index (κ2) is 6.80. The minimum absolute atomic E-state index is 0.239. The molecule has 0 aromatic heterocycles. The zero-order chi connectivity index (χ0) is 16.1. The van der Waals surface area contributed by atoms with E-state index >= 15 is 0 Å². The highest BCUT2D eigenvalue weighted by Gasteiger charge is 2.18. The Morgan fingerprint density at radius 1 is 1.14 bits per heavy atom. The second-order valence-corrected chi connectivity index (χ2v) is 4.72. The summed E-state index contributed by atoms with van der Waals surface area (Å²) in [6.07, 6.45) is -0.504. The van der Waals surface area contributed by atoms with E-state index < -0.39 is 6.09 Å². The quantitative estimate of drug-likeness (QED) is 0.850. The Balaban J connectivity index is 2.31. The van der Waals surface area contributed by atoms with Gasteiger partial charge in [-0.15, -0.1) is 0 Å². The van der Waals surface area contributed by atoms with Crippen molar-refractivity contribution in [2.45, 2.75) is 13.5 Å². The lowest BCUT2D eigenvalue weighted by molar-refractivity contribution is 0.159. The molecule has 0 saturated heterocycles.